The molecule has 2 fully saturated rings. The number of aryl methyl sites for hydroxylation is 1. The van der Waals surface area contributed by atoms with Gasteiger partial charge in [-0.25, -0.2) is 0 Å². The largest absolute Gasteiger partial charge is 0.326 e. The first-order valence-electron chi connectivity index (χ1n) is 8.73. The second-order valence-corrected chi connectivity index (χ2v) is 7.27. The minimum atomic E-state index is 0.241. The molecule has 21 heavy (non-hydrogen) atoms. The van der Waals surface area contributed by atoms with Crippen LogP contribution in [-0.2, 0) is 0 Å². The molecule has 2 heteroatoms. The van der Waals surface area contributed by atoms with Gasteiger partial charge in [0.05, 0.1) is 0 Å². The lowest BCUT2D eigenvalue weighted by Gasteiger charge is -2.36. The highest BCUT2D eigenvalue weighted by molar-refractivity contribution is 5.25. The molecular weight excluding hydrogens is 256 g/mol. The van der Waals surface area contributed by atoms with Gasteiger partial charge in [0.25, 0.3) is 0 Å². The first-order chi connectivity index (χ1) is 10.2. The topological polar surface area (TPSA) is 29.3 Å². The highest BCUT2D eigenvalue weighted by Crippen LogP contribution is 2.38. The van der Waals surface area contributed by atoms with Crippen molar-refractivity contribution in [2.24, 2.45) is 17.6 Å². The first kappa shape index (κ1) is 15.1. The van der Waals surface area contributed by atoms with Gasteiger partial charge in [0.1, 0.15) is 0 Å². The van der Waals surface area contributed by atoms with Crippen LogP contribution in [0.25, 0.3) is 0 Å². The molecular formula is C19H30N2. The van der Waals surface area contributed by atoms with Crippen LogP contribution in [0, 0.1) is 18.8 Å². The number of hydrogen-bond acceptors (Lipinski definition) is 2. The van der Waals surface area contributed by atoms with Crippen LogP contribution in [0.1, 0.15) is 56.2 Å². The standard InChI is InChI=1S/C19H30N2/c1-3-18(20)19(17-10-4-14(2)5-11-17)21(12-15-6-7-15)13-16-8-9-16/h4-5,10-11,15-16,18-19H,3,6-9,12-13,20H2,1-2H3. The average molecular weight is 286 g/mol. The SMILES string of the molecule is CCC(N)C(c1ccc(C)cc1)N(CC1CC1)CC1CC1. The van der Waals surface area contributed by atoms with E-state index in [1.807, 2.05) is 0 Å². The predicted octanol–water partition coefficient (Wildman–Crippen LogP) is 3.90. The zero-order valence-electron chi connectivity index (χ0n) is 13.6. The van der Waals surface area contributed by atoms with E-state index in [1.165, 1.54) is 49.9 Å². The molecule has 2 aliphatic rings. The van der Waals surface area contributed by atoms with Crippen molar-refractivity contribution < 1.29 is 0 Å². The molecule has 0 bridgehead atoms. The molecule has 0 amide bonds. The van der Waals surface area contributed by atoms with E-state index < -0.39 is 0 Å². The Hall–Kier alpha value is -0.860. The van der Waals surface area contributed by atoms with Crippen LogP contribution in [0.3, 0.4) is 0 Å². The molecule has 2 saturated carbocycles. The summed E-state index contributed by atoms with van der Waals surface area (Å²) >= 11 is 0. The summed E-state index contributed by atoms with van der Waals surface area (Å²) in [5.74, 6) is 1.86. The van der Waals surface area contributed by atoms with Crippen molar-refractivity contribution in [2.45, 2.75) is 58.0 Å². The lowest BCUT2D eigenvalue weighted by Crippen LogP contribution is -2.42. The lowest BCUT2D eigenvalue weighted by atomic mass is 9.95. The van der Waals surface area contributed by atoms with Gasteiger partial charge < -0.3 is 5.73 Å². The van der Waals surface area contributed by atoms with Crippen LogP contribution < -0.4 is 5.73 Å². The Kier molecular flexibility index (Phi) is 4.66. The van der Waals surface area contributed by atoms with Crippen molar-refractivity contribution in [3.63, 3.8) is 0 Å². The smallest absolute Gasteiger partial charge is 0.0499 e. The van der Waals surface area contributed by atoms with E-state index in [4.69, 9.17) is 5.73 Å². The highest BCUT2D eigenvalue weighted by atomic mass is 15.2. The van der Waals surface area contributed by atoms with Gasteiger partial charge in [-0.05, 0) is 56.4 Å². The Morgan fingerprint density at radius 3 is 2.00 bits per heavy atom. The lowest BCUT2D eigenvalue weighted by molar-refractivity contribution is 0.155. The Bertz CT molecular complexity index is 431. The first-order valence-corrected chi connectivity index (χ1v) is 8.73. The molecule has 0 aromatic heterocycles. The molecule has 116 valence electrons. The molecule has 2 unspecified atom stereocenters. The summed E-state index contributed by atoms with van der Waals surface area (Å²) in [5, 5.41) is 0. The van der Waals surface area contributed by atoms with E-state index in [0.717, 1.165) is 18.3 Å². The van der Waals surface area contributed by atoms with Gasteiger partial charge in [-0.1, -0.05) is 36.8 Å². The van der Waals surface area contributed by atoms with Crippen molar-refractivity contribution in [1.29, 1.82) is 0 Å². The van der Waals surface area contributed by atoms with Crippen molar-refractivity contribution >= 4 is 0 Å². The van der Waals surface area contributed by atoms with Gasteiger partial charge >= 0.3 is 0 Å². The van der Waals surface area contributed by atoms with Gasteiger partial charge in [0.2, 0.25) is 0 Å². The van der Waals surface area contributed by atoms with E-state index in [0.29, 0.717) is 6.04 Å². The Balaban J connectivity index is 1.81. The van der Waals surface area contributed by atoms with Crippen molar-refractivity contribution in [2.75, 3.05) is 13.1 Å². The van der Waals surface area contributed by atoms with Gasteiger partial charge in [-0.3, -0.25) is 4.90 Å². The zero-order valence-corrected chi connectivity index (χ0v) is 13.6. The molecule has 2 N–H and O–H groups in total. The molecule has 0 aliphatic heterocycles. The summed E-state index contributed by atoms with van der Waals surface area (Å²) in [4.78, 5) is 2.72. The van der Waals surface area contributed by atoms with Crippen LogP contribution in [0.5, 0.6) is 0 Å². The average Bonchev–Trinajstić information content (AvgIpc) is 3.37. The van der Waals surface area contributed by atoms with Crippen LogP contribution in [0.15, 0.2) is 24.3 Å². The molecule has 2 atom stereocenters. The van der Waals surface area contributed by atoms with Crippen molar-refractivity contribution in [3.8, 4) is 0 Å². The van der Waals surface area contributed by atoms with Crippen LogP contribution in [0.4, 0.5) is 0 Å². The molecule has 0 saturated heterocycles. The molecule has 2 nitrogen and oxygen atoms in total. The van der Waals surface area contributed by atoms with Gasteiger partial charge in [0, 0.05) is 25.2 Å². The van der Waals surface area contributed by atoms with E-state index in [-0.39, 0.29) is 6.04 Å². The van der Waals surface area contributed by atoms with Crippen LogP contribution in [-0.4, -0.2) is 24.0 Å². The maximum atomic E-state index is 6.54. The summed E-state index contributed by atoms with van der Waals surface area (Å²) in [7, 11) is 0. The third-order valence-electron chi connectivity index (χ3n) is 5.07. The number of rotatable bonds is 8. The normalized spacial score (nSPS) is 21.5. The number of hydrogen-bond donors (Lipinski definition) is 1. The Morgan fingerprint density at radius 2 is 1.57 bits per heavy atom. The summed E-state index contributed by atoms with van der Waals surface area (Å²) in [6.07, 6.45) is 6.73. The fourth-order valence-corrected chi connectivity index (χ4v) is 3.28. The third kappa shape index (κ3) is 4.08. The Morgan fingerprint density at radius 1 is 1.05 bits per heavy atom. The zero-order chi connectivity index (χ0) is 14.8. The summed E-state index contributed by atoms with van der Waals surface area (Å²) < 4.78 is 0. The number of benzene rings is 1. The van der Waals surface area contributed by atoms with E-state index >= 15 is 0 Å². The molecule has 1 aromatic rings. The fraction of sp³-hybridized carbons (Fsp3) is 0.684. The van der Waals surface area contributed by atoms with Gasteiger partial charge in [-0.2, -0.15) is 0 Å². The quantitative estimate of drug-likeness (QED) is 0.785. The van der Waals surface area contributed by atoms with Crippen molar-refractivity contribution in [1.82, 2.24) is 4.90 Å². The predicted molar refractivity (Wildman–Crippen MR) is 89.2 cm³/mol. The minimum absolute atomic E-state index is 0.241. The minimum Gasteiger partial charge on any atom is -0.326 e. The fourth-order valence-electron chi connectivity index (χ4n) is 3.28. The van der Waals surface area contributed by atoms with Gasteiger partial charge in [0.15, 0.2) is 0 Å². The van der Waals surface area contributed by atoms with Gasteiger partial charge in [-0.15, -0.1) is 0 Å². The van der Waals surface area contributed by atoms with Crippen molar-refractivity contribution in [3.05, 3.63) is 35.4 Å². The molecule has 2 aliphatic carbocycles. The maximum absolute atomic E-state index is 6.54. The van der Waals surface area contributed by atoms with Crippen LogP contribution in [0.2, 0.25) is 0 Å². The second-order valence-electron chi connectivity index (χ2n) is 7.27. The summed E-state index contributed by atoms with van der Waals surface area (Å²) in [6.45, 7) is 6.88. The number of nitrogens with two attached hydrogens (primary N) is 1. The Labute approximate surface area is 129 Å². The molecule has 0 heterocycles. The van der Waals surface area contributed by atoms with E-state index in [2.05, 4.69) is 43.0 Å². The highest BCUT2D eigenvalue weighted by Gasteiger charge is 2.34. The summed E-state index contributed by atoms with van der Waals surface area (Å²) in [5.41, 5.74) is 9.28. The summed E-state index contributed by atoms with van der Waals surface area (Å²) in [6, 6.07) is 9.70. The molecule has 0 spiro atoms. The third-order valence-corrected chi connectivity index (χ3v) is 5.07. The van der Waals surface area contributed by atoms with E-state index in [9.17, 15) is 0 Å². The maximum Gasteiger partial charge on any atom is 0.0499 e. The van der Waals surface area contributed by atoms with Crippen LogP contribution >= 0.6 is 0 Å². The molecule has 1 aromatic carbocycles. The number of nitrogens with zero attached hydrogens (tertiary/aromatic N) is 1. The molecule has 0 radical (unpaired) electrons. The van der Waals surface area contributed by atoms with E-state index in [1.54, 1.807) is 0 Å². The molecule has 3 rings (SSSR count). The second kappa shape index (κ2) is 6.50. The monoisotopic (exact) mass is 286 g/mol.